The molecule has 0 aliphatic rings. The van der Waals surface area contributed by atoms with E-state index < -0.39 is 0 Å². The molecule has 0 fully saturated rings. The molecular formula is C19H26N4O2. The molecule has 0 bridgehead atoms. The Hall–Kier alpha value is -2.63. The zero-order valence-corrected chi connectivity index (χ0v) is 14.9. The van der Waals surface area contributed by atoms with Crippen molar-refractivity contribution in [1.29, 1.82) is 0 Å². The molecule has 134 valence electrons. The number of hydrazone groups is 1. The van der Waals surface area contributed by atoms with E-state index in [2.05, 4.69) is 27.4 Å². The van der Waals surface area contributed by atoms with Crippen molar-refractivity contribution in [3.8, 4) is 5.75 Å². The third-order valence-electron chi connectivity index (χ3n) is 3.60. The number of aromatic nitrogens is 2. The molecule has 0 aliphatic carbocycles. The summed E-state index contributed by atoms with van der Waals surface area (Å²) < 4.78 is 5.82. The van der Waals surface area contributed by atoms with Crippen LogP contribution in [-0.4, -0.2) is 22.8 Å². The molecule has 0 amide bonds. The lowest BCUT2D eigenvalue weighted by molar-refractivity contribution is 0.306. The summed E-state index contributed by atoms with van der Waals surface area (Å²) in [5.41, 5.74) is 4.23. The van der Waals surface area contributed by atoms with Gasteiger partial charge in [-0.3, -0.25) is 9.78 Å². The van der Waals surface area contributed by atoms with E-state index in [4.69, 9.17) is 4.74 Å². The molecular weight excluding hydrogens is 316 g/mol. The van der Waals surface area contributed by atoms with E-state index in [9.17, 15) is 4.79 Å². The van der Waals surface area contributed by atoms with Crippen LogP contribution in [0.1, 0.15) is 50.8 Å². The molecule has 0 atom stereocenters. The van der Waals surface area contributed by atoms with Gasteiger partial charge in [0, 0.05) is 17.3 Å². The van der Waals surface area contributed by atoms with E-state index in [1.807, 2.05) is 31.2 Å². The molecule has 6 heteroatoms. The average molecular weight is 342 g/mol. The molecule has 1 heterocycles. The van der Waals surface area contributed by atoms with Gasteiger partial charge in [-0.2, -0.15) is 5.10 Å². The highest BCUT2D eigenvalue weighted by molar-refractivity contribution is 5.83. The highest BCUT2D eigenvalue weighted by Gasteiger charge is 2.02. The van der Waals surface area contributed by atoms with Crippen molar-refractivity contribution < 1.29 is 4.74 Å². The summed E-state index contributed by atoms with van der Waals surface area (Å²) in [5, 5.41) is 4.17. The monoisotopic (exact) mass is 342 g/mol. The maximum Gasteiger partial charge on any atom is 0.252 e. The van der Waals surface area contributed by atoms with Gasteiger partial charge in [0.15, 0.2) is 0 Å². The minimum Gasteiger partial charge on any atom is -0.493 e. The molecule has 1 aromatic carbocycles. The lowest BCUT2D eigenvalue weighted by Gasteiger charge is -2.08. The Balaban J connectivity index is 2.01. The quantitative estimate of drug-likeness (QED) is 0.392. The van der Waals surface area contributed by atoms with Gasteiger partial charge < -0.3 is 4.74 Å². The third-order valence-corrected chi connectivity index (χ3v) is 3.60. The fourth-order valence-electron chi connectivity index (χ4n) is 2.36. The number of hydrogen-bond acceptors (Lipinski definition) is 5. The lowest BCUT2D eigenvalue weighted by Crippen LogP contribution is -2.12. The van der Waals surface area contributed by atoms with Crippen molar-refractivity contribution in [3.63, 3.8) is 0 Å². The van der Waals surface area contributed by atoms with Crippen LogP contribution < -0.4 is 15.7 Å². The van der Waals surface area contributed by atoms with Crippen LogP contribution in [0.4, 0.5) is 5.95 Å². The summed E-state index contributed by atoms with van der Waals surface area (Å²) in [4.78, 5) is 18.6. The van der Waals surface area contributed by atoms with Crippen molar-refractivity contribution in [2.45, 2.75) is 46.0 Å². The molecule has 25 heavy (non-hydrogen) atoms. The molecule has 2 N–H and O–H groups in total. The molecule has 0 saturated heterocycles. The number of H-pyrrole nitrogens is 1. The van der Waals surface area contributed by atoms with Gasteiger partial charge >= 0.3 is 0 Å². The number of hydrogen-bond donors (Lipinski definition) is 2. The van der Waals surface area contributed by atoms with Crippen LogP contribution in [0, 0.1) is 0 Å². The predicted octanol–water partition coefficient (Wildman–Crippen LogP) is 3.74. The number of benzene rings is 1. The molecule has 0 radical (unpaired) electrons. The van der Waals surface area contributed by atoms with Crippen LogP contribution in [0.25, 0.3) is 0 Å². The fourth-order valence-corrected chi connectivity index (χ4v) is 2.36. The molecule has 2 rings (SSSR count). The molecule has 0 spiro atoms. The van der Waals surface area contributed by atoms with Gasteiger partial charge in [0.05, 0.1) is 12.8 Å². The smallest absolute Gasteiger partial charge is 0.252 e. The SMILES string of the molecule is CCCCCOc1ccccc1/C=N/Nc1nc(CCC)cc(=O)[nH]1. The number of aryl methyl sites for hydroxylation is 1. The van der Waals surface area contributed by atoms with E-state index >= 15 is 0 Å². The maximum atomic E-state index is 11.6. The lowest BCUT2D eigenvalue weighted by atomic mass is 10.2. The first-order valence-corrected chi connectivity index (χ1v) is 8.84. The molecule has 6 nitrogen and oxygen atoms in total. The number of para-hydroxylation sites is 1. The van der Waals surface area contributed by atoms with Gasteiger partial charge in [0.25, 0.3) is 5.56 Å². The van der Waals surface area contributed by atoms with Gasteiger partial charge in [-0.15, -0.1) is 0 Å². The van der Waals surface area contributed by atoms with E-state index in [1.54, 1.807) is 6.21 Å². The largest absolute Gasteiger partial charge is 0.493 e. The van der Waals surface area contributed by atoms with Crippen LogP contribution in [-0.2, 0) is 6.42 Å². The topological polar surface area (TPSA) is 79.4 Å². The Labute approximate surface area is 148 Å². The predicted molar refractivity (Wildman–Crippen MR) is 102 cm³/mol. The van der Waals surface area contributed by atoms with Crippen molar-refractivity contribution in [1.82, 2.24) is 9.97 Å². The summed E-state index contributed by atoms with van der Waals surface area (Å²) in [6.45, 7) is 4.91. The Bertz CT molecular complexity index is 740. The average Bonchev–Trinajstić information content (AvgIpc) is 2.60. The number of ether oxygens (including phenoxy) is 1. The Morgan fingerprint density at radius 1 is 1.24 bits per heavy atom. The molecule has 0 saturated carbocycles. The van der Waals surface area contributed by atoms with Crippen molar-refractivity contribution >= 4 is 12.2 Å². The van der Waals surface area contributed by atoms with E-state index in [0.717, 1.165) is 42.7 Å². The van der Waals surface area contributed by atoms with Gasteiger partial charge in [0.2, 0.25) is 5.95 Å². The Kier molecular flexibility index (Phi) is 7.69. The van der Waals surface area contributed by atoms with E-state index in [0.29, 0.717) is 12.6 Å². The van der Waals surface area contributed by atoms with E-state index in [-0.39, 0.29) is 5.56 Å². The summed E-state index contributed by atoms with van der Waals surface area (Å²) >= 11 is 0. The fraction of sp³-hybridized carbons (Fsp3) is 0.421. The van der Waals surface area contributed by atoms with Gasteiger partial charge in [-0.05, 0) is 25.0 Å². The highest BCUT2D eigenvalue weighted by atomic mass is 16.5. The summed E-state index contributed by atoms with van der Waals surface area (Å²) in [7, 11) is 0. The Morgan fingerprint density at radius 3 is 2.88 bits per heavy atom. The zero-order valence-electron chi connectivity index (χ0n) is 14.9. The summed E-state index contributed by atoms with van der Waals surface area (Å²) in [5.74, 6) is 1.14. The number of nitrogens with zero attached hydrogens (tertiary/aromatic N) is 2. The first kappa shape index (κ1) is 18.7. The van der Waals surface area contributed by atoms with Crippen molar-refractivity contribution in [2.75, 3.05) is 12.0 Å². The first-order chi connectivity index (χ1) is 12.2. The van der Waals surface area contributed by atoms with Crippen LogP contribution in [0.3, 0.4) is 0 Å². The normalized spacial score (nSPS) is 11.0. The number of anilines is 1. The van der Waals surface area contributed by atoms with Crippen molar-refractivity contribution in [3.05, 3.63) is 51.9 Å². The summed E-state index contributed by atoms with van der Waals surface area (Å²) in [6, 6.07) is 9.24. The number of nitrogens with one attached hydrogen (secondary N) is 2. The highest BCUT2D eigenvalue weighted by Crippen LogP contribution is 2.16. The molecule has 2 aromatic rings. The van der Waals surface area contributed by atoms with Gasteiger partial charge in [0.1, 0.15) is 5.75 Å². The second kappa shape index (κ2) is 10.3. The summed E-state index contributed by atoms with van der Waals surface area (Å²) in [6.07, 6.45) is 6.72. The molecule has 1 aromatic heterocycles. The minimum atomic E-state index is -0.184. The van der Waals surface area contributed by atoms with Crippen LogP contribution in [0.2, 0.25) is 0 Å². The Morgan fingerprint density at radius 2 is 2.08 bits per heavy atom. The van der Waals surface area contributed by atoms with Gasteiger partial charge in [-0.25, -0.2) is 10.4 Å². The van der Waals surface area contributed by atoms with Crippen molar-refractivity contribution in [2.24, 2.45) is 5.10 Å². The standard InChI is InChI=1S/C19H26N4O2/c1-3-5-8-12-25-17-11-7-6-10-15(17)14-20-23-19-21-16(9-4-2)13-18(24)22-19/h6-7,10-11,13-14H,3-5,8-9,12H2,1-2H3,(H2,21,22,23,24)/b20-14+. The van der Waals surface area contributed by atoms with Crippen LogP contribution in [0.15, 0.2) is 40.2 Å². The van der Waals surface area contributed by atoms with E-state index in [1.165, 1.54) is 12.5 Å². The van der Waals surface area contributed by atoms with Crippen LogP contribution in [0.5, 0.6) is 5.75 Å². The number of unbranched alkanes of at least 4 members (excludes halogenated alkanes) is 2. The maximum absolute atomic E-state index is 11.6. The van der Waals surface area contributed by atoms with Crippen LogP contribution >= 0.6 is 0 Å². The second-order valence-corrected chi connectivity index (χ2v) is 5.80. The third kappa shape index (κ3) is 6.41. The minimum absolute atomic E-state index is 0.184. The molecule has 0 unspecified atom stereocenters. The zero-order chi connectivity index (χ0) is 17.9. The van der Waals surface area contributed by atoms with Gasteiger partial charge in [-0.1, -0.05) is 45.2 Å². The first-order valence-electron chi connectivity index (χ1n) is 8.84. The number of aromatic amines is 1. The number of rotatable bonds is 10. The molecule has 0 aliphatic heterocycles. The second-order valence-electron chi connectivity index (χ2n) is 5.80.